The maximum atomic E-state index is 12.4. The minimum absolute atomic E-state index is 0.181. The summed E-state index contributed by atoms with van der Waals surface area (Å²) < 4.78 is 16.0. The Hall–Kier alpha value is -3.31. The maximum Gasteiger partial charge on any atom is 0.410 e. The van der Waals surface area contributed by atoms with Crippen LogP contribution in [0.5, 0.6) is 11.5 Å². The Balaban J connectivity index is 1.51. The van der Waals surface area contributed by atoms with Crippen molar-refractivity contribution in [2.24, 2.45) is 0 Å². The molecule has 0 radical (unpaired) electrons. The second-order valence-electron chi connectivity index (χ2n) is 9.39. The molecule has 10 nitrogen and oxygen atoms in total. The predicted molar refractivity (Wildman–Crippen MR) is 133 cm³/mol. The van der Waals surface area contributed by atoms with Crippen LogP contribution in [-0.4, -0.2) is 65.0 Å². The second kappa shape index (κ2) is 12.1. The van der Waals surface area contributed by atoms with Crippen LogP contribution in [0.4, 0.5) is 4.79 Å². The number of aliphatic carboxylic acids is 2. The number of hydrogen-bond donors (Lipinski definition) is 3. The van der Waals surface area contributed by atoms with Gasteiger partial charge in [-0.3, -0.25) is 0 Å². The topological polar surface area (TPSA) is 135 Å². The lowest BCUT2D eigenvalue weighted by Gasteiger charge is -2.29. The highest BCUT2D eigenvalue weighted by Crippen LogP contribution is 2.30. The molecule has 0 fully saturated rings. The van der Waals surface area contributed by atoms with Crippen LogP contribution < -0.4 is 14.8 Å². The molecule has 11 heteroatoms. The van der Waals surface area contributed by atoms with Gasteiger partial charge in [0, 0.05) is 22.8 Å². The number of fused-ring (bicyclic) bond motifs is 1. The fourth-order valence-corrected chi connectivity index (χ4v) is 4.77. The van der Waals surface area contributed by atoms with E-state index < -0.39 is 30.8 Å². The number of carboxylic acids is 2. The standard InChI is InChI=1S/C25H32N2O8S/c1-25(2,3)35-24(32)27-9-7-21-17(13-27)11-18(36-21)12-26-8-6-16-4-5-19(33-14-22(28)29)20(10-16)34-15-23(30)31/h4-5,10-11,26H,6-9,12-15H2,1-3H3,(H,28,29)(H,30,31). The van der Waals surface area contributed by atoms with Gasteiger partial charge in [-0.05, 0) is 69.5 Å². The van der Waals surface area contributed by atoms with Gasteiger partial charge in [-0.15, -0.1) is 11.3 Å². The molecule has 36 heavy (non-hydrogen) atoms. The lowest BCUT2D eigenvalue weighted by molar-refractivity contribution is -0.140. The van der Waals surface area contributed by atoms with E-state index in [-0.39, 0.29) is 17.6 Å². The van der Waals surface area contributed by atoms with Crippen molar-refractivity contribution in [3.8, 4) is 11.5 Å². The summed E-state index contributed by atoms with van der Waals surface area (Å²) in [4.78, 5) is 38.3. The summed E-state index contributed by atoms with van der Waals surface area (Å²) in [5.74, 6) is -1.91. The molecule has 2 heterocycles. The highest BCUT2D eigenvalue weighted by Gasteiger charge is 2.26. The van der Waals surface area contributed by atoms with Crippen molar-refractivity contribution in [1.82, 2.24) is 10.2 Å². The van der Waals surface area contributed by atoms with Gasteiger partial charge in [-0.1, -0.05) is 6.07 Å². The summed E-state index contributed by atoms with van der Waals surface area (Å²) in [7, 11) is 0. The molecule has 1 aliphatic rings. The van der Waals surface area contributed by atoms with Crippen molar-refractivity contribution < 1.29 is 38.8 Å². The van der Waals surface area contributed by atoms with E-state index in [1.54, 1.807) is 34.4 Å². The van der Waals surface area contributed by atoms with Crippen LogP contribution in [0.25, 0.3) is 0 Å². The third-order valence-electron chi connectivity index (χ3n) is 5.17. The molecule has 196 valence electrons. The van der Waals surface area contributed by atoms with Gasteiger partial charge in [0.1, 0.15) is 5.60 Å². The van der Waals surface area contributed by atoms with Gasteiger partial charge >= 0.3 is 18.0 Å². The first-order valence-electron chi connectivity index (χ1n) is 11.6. The molecule has 0 spiro atoms. The predicted octanol–water partition coefficient (Wildman–Crippen LogP) is 3.30. The number of benzene rings is 1. The first kappa shape index (κ1) is 27.3. The smallest absolute Gasteiger partial charge is 0.410 e. The van der Waals surface area contributed by atoms with E-state index in [2.05, 4.69) is 11.4 Å². The zero-order chi connectivity index (χ0) is 26.3. The zero-order valence-electron chi connectivity index (χ0n) is 20.7. The van der Waals surface area contributed by atoms with Gasteiger partial charge in [-0.25, -0.2) is 14.4 Å². The van der Waals surface area contributed by atoms with Crippen molar-refractivity contribution in [1.29, 1.82) is 0 Å². The largest absolute Gasteiger partial charge is 0.479 e. The highest BCUT2D eigenvalue weighted by atomic mass is 32.1. The molecule has 1 aromatic carbocycles. The molecule has 0 aliphatic carbocycles. The Bertz CT molecular complexity index is 1090. The Kier molecular flexibility index (Phi) is 9.16. The molecule has 0 bridgehead atoms. The molecule has 3 rings (SSSR count). The lowest BCUT2D eigenvalue weighted by Crippen LogP contribution is -2.39. The van der Waals surface area contributed by atoms with Crippen molar-refractivity contribution >= 4 is 29.4 Å². The molecule has 1 amide bonds. The number of amides is 1. The van der Waals surface area contributed by atoms with Crippen LogP contribution in [-0.2, 0) is 40.3 Å². The lowest BCUT2D eigenvalue weighted by atomic mass is 10.1. The van der Waals surface area contributed by atoms with E-state index in [1.165, 1.54) is 9.75 Å². The molecule has 3 N–H and O–H groups in total. The second-order valence-corrected chi connectivity index (χ2v) is 10.6. The normalized spacial score (nSPS) is 13.1. The molecule has 0 saturated carbocycles. The molecule has 1 aromatic heterocycles. The molecule has 1 aliphatic heterocycles. The van der Waals surface area contributed by atoms with Crippen LogP contribution in [0.15, 0.2) is 24.3 Å². The zero-order valence-corrected chi connectivity index (χ0v) is 21.5. The molecule has 0 atom stereocenters. The average molecular weight is 521 g/mol. The third-order valence-corrected chi connectivity index (χ3v) is 6.41. The van der Waals surface area contributed by atoms with E-state index >= 15 is 0 Å². The maximum absolute atomic E-state index is 12.4. The minimum Gasteiger partial charge on any atom is -0.479 e. The number of carbonyl (C=O) groups excluding carboxylic acids is 1. The van der Waals surface area contributed by atoms with Crippen LogP contribution in [0.3, 0.4) is 0 Å². The molecular weight excluding hydrogens is 488 g/mol. The number of thiophene rings is 1. The van der Waals surface area contributed by atoms with Crippen LogP contribution in [0.1, 0.15) is 41.7 Å². The minimum atomic E-state index is -1.14. The van der Waals surface area contributed by atoms with Crippen LogP contribution in [0.2, 0.25) is 0 Å². The Morgan fingerprint density at radius 3 is 2.42 bits per heavy atom. The number of nitrogens with zero attached hydrogens (tertiary/aromatic N) is 1. The number of rotatable bonds is 11. The van der Waals surface area contributed by atoms with Gasteiger partial charge in [0.25, 0.3) is 0 Å². The number of ether oxygens (including phenoxy) is 3. The average Bonchev–Trinajstić information content (AvgIpc) is 3.20. The van der Waals surface area contributed by atoms with Gasteiger partial charge in [0.15, 0.2) is 24.7 Å². The SMILES string of the molecule is CC(C)(C)OC(=O)N1CCc2sc(CNCCc3ccc(OCC(=O)O)c(OCC(=O)O)c3)cc2C1. The van der Waals surface area contributed by atoms with Crippen molar-refractivity contribution in [2.75, 3.05) is 26.3 Å². The van der Waals surface area contributed by atoms with Gasteiger partial charge in [-0.2, -0.15) is 0 Å². The summed E-state index contributed by atoms with van der Waals surface area (Å²) >= 11 is 1.75. The summed E-state index contributed by atoms with van der Waals surface area (Å²) in [5.41, 5.74) is 1.53. The first-order chi connectivity index (χ1) is 17.0. The van der Waals surface area contributed by atoms with Crippen molar-refractivity contribution in [3.05, 3.63) is 45.1 Å². The number of carboxylic acid groups (broad SMARTS) is 2. The molecular formula is C25H32N2O8S. The summed E-state index contributed by atoms with van der Waals surface area (Å²) in [6.07, 6.45) is 1.18. The van der Waals surface area contributed by atoms with Crippen molar-refractivity contribution in [2.45, 2.75) is 52.3 Å². The monoisotopic (exact) mass is 520 g/mol. The van der Waals surface area contributed by atoms with Crippen molar-refractivity contribution in [3.63, 3.8) is 0 Å². The summed E-state index contributed by atoms with van der Waals surface area (Å²) in [5, 5.41) is 21.1. The quantitative estimate of drug-likeness (QED) is 0.382. The molecule has 0 saturated heterocycles. The van der Waals surface area contributed by atoms with Gasteiger partial charge in [0.05, 0.1) is 6.54 Å². The fourth-order valence-electron chi connectivity index (χ4n) is 3.63. The van der Waals surface area contributed by atoms with Crippen LogP contribution in [0, 0.1) is 0 Å². The first-order valence-corrected chi connectivity index (χ1v) is 12.4. The van der Waals surface area contributed by atoms with Gasteiger partial charge in [0.2, 0.25) is 0 Å². The Labute approximate surface area is 213 Å². The Morgan fingerprint density at radius 2 is 1.75 bits per heavy atom. The summed E-state index contributed by atoms with van der Waals surface area (Å²) in [6.45, 7) is 7.03. The Morgan fingerprint density at radius 1 is 1.06 bits per heavy atom. The van der Waals surface area contributed by atoms with E-state index in [1.807, 2.05) is 20.8 Å². The fraction of sp³-hybridized carbons (Fsp3) is 0.480. The number of nitrogens with one attached hydrogen (secondary N) is 1. The van der Waals surface area contributed by atoms with E-state index in [4.69, 9.17) is 24.4 Å². The van der Waals surface area contributed by atoms with E-state index in [9.17, 15) is 14.4 Å². The van der Waals surface area contributed by atoms with E-state index in [0.717, 1.165) is 17.5 Å². The van der Waals surface area contributed by atoms with E-state index in [0.29, 0.717) is 32.6 Å². The summed E-state index contributed by atoms with van der Waals surface area (Å²) in [6, 6.07) is 7.17. The molecule has 2 aromatic rings. The number of carbonyl (C=O) groups is 3. The third kappa shape index (κ3) is 8.42. The van der Waals surface area contributed by atoms with Gasteiger partial charge < -0.3 is 34.6 Å². The number of hydrogen-bond acceptors (Lipinski definition) is 8. The highest BCUT2D eigenvalue weighted by molar-refractivity contribution is 7.12. The van der Waals surface area contributed by atoms with Crippen LogP contribution >= 0.6 is 11.3 Å². The molecule has 0 unspecified atom stereocenters.